The fourth-order valence-electron chi connectivity index (χ4n) is 1.78. The molecule has 0 amide bonds. The lowest BCUT2D eigenvalue weighted by Gasteiger charge is -2.12. The molecule has 94 valence electrons. The lowest BCUT2D eigenvalue weighted by molar-refractivity contribution is 0.198. The van der Waals surface area contributed by atoms with Crippen molar-refractivity contribution in [3.63, 3.8) is 0 Å². The highest BCUT2D eigenvalue weighted by Gasteiger charge is 2.35. The lowest BCUT2D eigenvalue weighted by atomic mass is 10.3. The third kappa shape index (κ3) is 2.12. The van der Waals surface area contributed by atoms with Gasteiger partial charge in [0, 0.05) is 12.3 Å². The Labute approximate surface area is 97.3 Å². The van der Waals surface area contributed by atoms with E-state index in [1.165, 1.54) is 0 Å². The Bertz CT molecular complexity index is 515. The summed E-state index contributed by atoms with van der Waals surface area (Å²) < 4.78 is 55.9. The maximum atomic E-state index is 13.5. The predicted octanol–water partition coefficient (Wildman–Crippen LogP) is 1.11. The van der Waals surface area contributed by atoms with Crippen molar-refractivity contribution in [2.45, 2.75) is 16.6 Å². The Morgan fingerprint density at radius 2 is 1.88 bits per heavy atom. The zero-order chi connectivity index (χ0) is 12.6. The first-order valence-electron chi connectivity index (χ1n) is 4.99. The van der Waals surface area contributed by atoms with Gasteiger partial charge in [0.05, 0.1) is 11.9 Å². The van der Waals surface area contributed by atoms with Gasteiger partial charge in [-0.3, -0.25) is 0 Å². The van der Waals surface area contributed by atoms with E-state index in [4.69, 9.17) is 10.5 Å². The van der Waals surface area contributed by atoms with Crippen molar-refractivity contribution in [1.82, 2.24) is 0 Å². The second-order valence-corrected chi connectivity index (χ2v) is 6.01. The molecule has 0 bridgehead atoms. The van der Waals surface area contributed by atoms with E-state index in [-0.39, 0.29) is 25.3 Å². The summed E-state index contributed by atoms with van der Waals surface area (Å²) in [6.07, 6.45) is 0.242. The van der Waals surface area contributed by atoms with Gasteiger partial charge < -0.3 is 10.5 Å². The van der Waals surface area contributed by atoms with Crippen LogP contribution in [0.4, 0.5) is 14.5 Å². The molecule has 1 atom stereocenters. The van der Waals surface area contributed by atoms with Crippen molar-refractivity contribution in [3.05, 3.63) is 23.8 Å². The van der Waals surface area contributed by atoms with E-state index >= 15 is 0 Å². The van der Waals surface area contributed by atoms with Crippen molar-refractivity contribution < 1.29 is 21.9 Å². The minimum absolute atomic E-state index is 0.0361. The summed E-state index contributed by atoms with van der Waals surface area (Å²) in [7, 11) is -4.05. The first kappa shape index (κ1) is 12.3. The van der Waals surface area contributed by atoms with Gasteiger partial charge in [0.25, 0.3) is 0 Å². The van der Waals surface area contributed by atoms with Crippen LogP contribution < -0.4 is 5.73 Å². The van der Waals surface area contributed by atoms with Gasteiger partial charge in [-0.15, -0.1) is 0 Å². The zero-order valence-corrected chi connectivity index (χ0v) is 9.64. The topological polar surface area (TPSA) is 69.4 Å². The molecule has 4 nitrogen and oxygen atoms in total. The van der Waals surface area contributed by atoms with E-state index in [1.54, 1.807) is 0 Å². The van der Waals surface area contributed by atoms with Crippen molar-refractivity contribution >= 4 is 15.5 Å². The number of rotatable bonds is 2. The van der Waals surface area contributed by atoms with Gasteiger partial charge in [0.2, 0.25) is 0 Å². The van der Waals surface area contributed by atoms with Crippen LogP contribution in [-0.2, 0) is 14.6 Å². The minimum atomic E-state index is -4.05. The molecule has 1 aliphatic rings. The van der Waals surface area contributed by atoms with Crippen LogP contribution >= 0.6 is 0 Å². The maximum absolute atomic E-state index is 13.5. The van der Waals surface area contributed by atoms with Crippen LogP contribution in [0, 0.1) is 11.6 Å². The largest absolute Gasteiger partial charge is 0.399 e. The second-order valence-electron chi connectivity index (χ2n) is 3.84. The summed E-state index contributed by atoms with van der Waals surface area (Å²) in [5.41, 5.74) is 5.07. The predicted molar refractivity (Wildman–Crippen MR) is 57.2 cm³/mol. The molecule has 1 fully saturated rings. The average molecular weight is 263 g/mol. The van der Waals surface area contributed by atoms with E-state index < -0.39 is 31.6 Å². The number of sulfone groups is 1. The molecule has 1 unspecified atom stereocenters. The molecule has 1 saturated heterocycles. The van der Waals surface area contributed by atoms with Crippen molar-refractivity contribution in [2.75, 3.05) is 18.9 Å². The van der Waals surface area contributed by atoms with Gasteiger partial charge >= 0.3 is 0 Å². The Morgan fingerprint density at radius 3 is 2.35 bits per heavy atom. The first-order valence-corrected chi connectivity index (χ1v) is 6.53. The third-order valence-corrected chi connectivity index (χ3v) is 4.84. The SMILES string of the molecule is Nc1cc(F)c(S(=O)(=O)C2CCOC2)c(F)c1. The summed E-state index contributed by atoms with van der Waals surface area (Å²) in [4.78, 5) is -0.915. The summed E-state index contributed by atoms with van der Waals surface area (Å²) in [6, 6.07) is 1.59. The number of hydrogen-bond acceptors (Lipinski definition) is 4. The molecule has 0 aromatic heterocycles. The molecule has 0 saturated carbocycles. The van der Waals surface area contributed by atoms with Crippen molar-refractivity contribution in [2.24, 2.45) is 0 Å². The quantitative estimate of drug-likeness (QED) is 0.811. The van der Waals surface area contributed by atoms with E-state index in [9.17, 15) is 17.2 Å². The minimum Gasteiger partial charge on any atom is -0.399 e. The Hall–Kier alpha value is -1.21. The number of nitrogen functional groups attached to an aromatic ring is 1. The standard InChI is InChI=1S/C10H11F2NO3S/c11-8-3-6(13)4-9(12)10(8)17(14,15)7-1-2-16-5-7/h3-4,7H,1-2,5,13H2. The van der Waals surface area contributed by atoms with Crippen LogP contribution in [0.15, 0.2) is 17.0 Å². The van der Waals surface area contributed by atoms with Gasteiger partial charge in [-0.2, -0.15) is 0 Å². The first-order chi connectivity index (χ1) is 7.93. The van der Waals surface area contributed by atoms with Crippen LogP contribution in [-0.4, -0.2) is 26.9 Å². The molecular formula is C10H11F2NO3S. The highest BCUT2D eigenvalue weighted by molar-refractivity contribution is 7.92. The van der Waals surface area contributed by atoms with Crippen LogP contribution in [0.1, 0.15) is 6.42 Å². The molecule has 7 heteroatoms. The van der Waals surface area contributed by atoms with E-state index in [2.05, 4.69) is 0 Å². The van der Waals surface area contributed by atoms with Crippen LogP contribution in [0.5, 0.6) is 0 Å². The number of halogens is 2. The monoisotopic (exact) mass is 263 g/mol. The fraction of sp³-hybridized carbons (Fsp3) is 0.400. The average Bonchev–Trinajstić information content (AvgIpc) is 2.67. The molecule has 0 radical (unpaired) electrons. The highest BCUT2D eigenvalue weighted by Crippen LogP contribution is 2.28. The van der Waals surface area contributed by atoms with E-state index in [1.807, 2.05) is 0 Å². The van der Waals surface area contributed by atoms with Gasteiger partial charge in [0.15, 0.2) is 9.84 Å². The lowest BCUT2D eigenvalue weighted by Crippen LogP contribution is -2.23. The molecule has 1 heterocycles. The number of hydrogen-bond donors (Lipinski definition) is 1. The van der Waals surface area contributed by atoms with Crippen LogP contribution in [0.3, 0.4) is 0 Å². The van der Waals surface area contributed by atoms with Gasteiger partial charge in [-0.25, -0.2) is 17.2 Å². The Morgan fingerprint density at radius 1 is 1.29 bits per heavy atom. The number of benzene rings is 1. The molecule has 1 aliphatic heterocycles. The Balaban J connectivity index is 2.53. The zero-order valence-electron chi connectivity index (χ0n) is 8.82. The number of anilines is 1. The summed E-state index contributed by atoms with van der Waals surface area (Å²) in [5.74, 6) is -2.32. The summed E-state index contributed by atoms with van der Waals surface area (Å²) in [6.45, 7) is 0.244. The maximum Gasteiger partial charge on any atom is 0.189 e. The molecule has 2 rings (SSSR count). The van der Waals surface area contributed by atoms with Gasteiger partial charge in [-0.1, -0.05) is 0 Å². The van der Waals surface area contributed by atoms with Gasteiger partial charge in [0.1, 0.15) is 16.5 Å². The molecule has 0 spiro atoms. The molecular weight excluding hydrogens is 252 g/mol. The molecule has 1 aromatic rings. The number of nitrogens with two attached hydrogens (primary N) is 1. The normalized spacial score (nSPS) is 20.7. The fourth-order valence-corrected chi connectivity index (χ4v) is 3.45. The Kier molecular flexibility index (Phi) is 3.05. The van der Waals surface area contributed by atoms with Gasteiger partial charge in [-0.05, 0) is 18.6 Å². The molecule has 1 aromatic carbocycles. The third-order valence-electron chi connectivity index (χ3n) is 2.63. The van der Waals surface area contributed by atoms with E-state index in [0.717, 1.165) is 12.1 Å². The molecule has 2 N–H and O–H groups in total. The van der Waals surface area contributed by atoms with Crippen molar-refractivity contribution in [3.8, 4) is 0 Å². The number of ether oxygens (including phenoxy) is 1. The smallest absolute Gasteiger partial charge is 0.189 e. The molecule has 17 heavy (non-hydrogen) atoms. The summed E-state index contributed by atoms with van der Waals surface area (Å²) >= 11 is 0. The van der Waals surface area contributed by atoms with Crippen LogP contribution in [0.25, 0.3) is 0 Å². The van der Waals surface area contributed by atoms with Crippen molar-refractivity contribution in [1.29, 1.82) is 0 Å². The summed E-state index contributed by atoms with van der Waals surface area (Å²) in [5, 5.41) is -0.893. The molecule has 0 aliphatic carbocycles. The van der Waals surface area contributed by atoms with Crippen LogP contribution in [0.2, 0.25) is 0 Å². The highest BCUT2D eigenvalue weighted by atomic mass is 32.2. The van der Waals surface area contributed by atoms with E-state index in [0.29, 0.717) is 0 Å². The second kappa shape index (κ2) is 4.23.